The summed E-state index contributed by atoms with van der Waals surface area (Å²) in [5.74, 6) is -1.53. The molecule has 1 heterocycles. The first-order chi connectivity index (χ1) is 7.56. The molecule has 0 saturated carbocycles. The van der Waals surface area contributed by atoms with Gasteiger partial charge in [0.2, 0.25) is 5.91 Å². The van der Waals surface area contributed by atoms with E-state index < -0.39 is 12.0 Å². The maximum absolute atomic E-state index is 11.7. The molecular weight excluding hydrogens is 226 g/mol. The fourth-order valence-corrected chi connectivity index (χ4v) is 2.08. The zero-order valence-corrected chi connectivity index (χ0v) is 10.1. The minimum absolute atomic E-state index is 0.239. The van der Waals surface area contributed by atoms with Gasteiger partial charge in [-0.25, -0.2) is 4.79 Å². The summed E-state index contributed by atoms with van der Waals surface area (Å²) < 4.78 is 0. The minimum Gasteiger partial charge on any atom is -0.480 e. The molecule has 0 fully saturated rings. The first-order valence-corrected chi connectivity index (χ1v) is 6.00. The summed E-state index contributed by atoms with van der Waals surface area (Å²) in [6, 6.07) is 2.95. The number of thiophene rings is 1. The van der Waals surface area contributed by atoms with Crippen LogP contribution in [0.2, 0.25) is 0 Å². The highest BCUT2D eigenvalue weighted by Gasteiger charge is 2.22. The van der Waals surface area contributed by atoms with E-state index in [0.29, 0.717) is 6.42 Å². The third-order valence-corrected chi connectivity index (χ3v) is 3.44. The number of carbonyl (C=O) groups is 2. The smallest absolute Gasteiger partial charge is 0.326 e. The van der Waals surface area contributed by atoms with Gasteiger partial charge in [-0.05, 0) is 24.8 Å². The molecule has 2 atom stereocenters. The SMILES string of the molecule is CCC(NC(=O)C(C)c1cccs1)C(=O)O. The third-order valence-electron chi connectivity index (χ3n) is 2.39. The van der Waals surface area contributed by atoms with Crippen LogP contribution in [-0.4, -0.2) is 23.0 Å². The van der Waals surface area contributed by atoms with Gasteiger partial charge in [0.05, 0.1) is 5.92 Å². The van der Waals surface area contributed by atoms with Crippen LogP contribution in [0.15, 0.2) is 17.5 Å². The van der Waals surface area contributed by atoms with Crippen molar-refractivity contribution in [1.29, 1.82) is 0 Å². The molecule has 0 aliphatic carbocycles. The summed E-state index contributed by atoms with van der Waals surface area (Å²) in [5.41, 5.74) is 0. The van der Waals surface area contributed by atoms with Crippen molar-refractivity contribution in [3.8, 4) is 0 Å². The number of carboxylic acids is 1. The fraction of sp³-hybridized carbons (Fsp3) is 0.455. The number of hydrogen-bond acceptors (Lipinski definition) is 3. The Bertz CT molecular complexity index is 361. The van der Waals surface area contributed by atoms with E-state index in [2.05, 4.69) is 5.32 Å². The molecule has 0 aliphatic heterocycles. The molecule has 2 unspecified atom stereocenters. The van der Waals surface area contributed by atoms with Gasteiger partial charge in [-0.2, -0.15) is 0 Å². The molecule has 5 heteroatoms. The average Bonchev–Trinajstić information content (AvgIpc) is 2.77. The molecule has 0 aromatic carbocycles. The van der Waals surface area contributed by atoms with Crippen molar-refractivity contribution < 1.29 is 14.7 Å². The van der Waals surface area contributed by atoms with E-state index in [9.17, 15) is 9.59 Å². The quantitative estimate of drug-likeness (QED) is 0.826. The van der Waals surface area contributed by atoms with Crippen LogP contribution in [-0.2, 0) is 9.59 Å². The van der Waals surface area contributed by atoms with Crippen LogP contribution in [0.5, 0.6) is 0 Å². The molecule has 1 aromatic heterocycles. The van der Waals surface area contributed by atoms with Gasteiger partial charge >= 0.3 is 5.97 Å². The van der Waals surface area contributed by atoms with Crippen molar-refractivity contribution in [1.82, 2.24) is 5.32 Å². The Kier molecular flexibility index (Phi) is 4.49. The van der Waals surface area contributed by atoms with Crippen molar-refractivity contribution in [2.75, 3.05) is 0 Å². The highest BCUT2D eigenvalue weighted by Crippen LogP contribution is 2.20. The normalized spacial score (nSPS) is 14.1. The second kappa shape index (κ2) is 5.65. The van der Waals surface area contributed by atoms with Crippen LogP contribution in [0.4, 0.5) is 0 Å². The molecule has 1 rings (SSSR count). The van der Waals surface area contributed by atoms with E-state index in [1.54, 1.807) is 13.8 Å². The monoisotopic (exact) mass is 241 g/mol. The lowest BCUT2D eigenvalue weighted by Gasteiger charge is -2.15. The number of carbonyl (C=O) groups excluding carboxylic acids is 1. The molecule has 0 bridgehead atoms. The molecule has 0 spiro atoms. The van der Waals surface area contributed by atoms with E-state index in [1.807, 2.05) is 17.5 Å². The topological polar surface area (TPSA) is 66.4 Å². The van der Waals surface area contributed by atoms with E-state index in [4.69, 9.17) is 5.11 Å². The molecule has 0 aliphatic rings. The Labute approximate surface area is 98.3 Å². The molecule has 0 saturated heterocycles. The van der Waals surface area contributed by atoms with Crippen molar-refractivity contribution in [2.24, 2.45) is 0 Å². The Morgan fingerprint density at radius 1 is 1.56 bits per heavy atom. The predicted octanol–water partition coefficient (Wildman–Crippen LogP) is 1.83. The van der Waals surface area contributed by atoms with Gasteiger partial charge in [0.25, 0.3) is 0 Å². The average molecular weight is 241 g/mol. The van der Waals surface area contributed by atoms with Gasteiger partial charge in [-0.1, -0.05) is 13.0 Å². The van der Waals surface area contributed by atoms with Gasteiger partial charge < -0.3 is 10.4 Å². The lowest BCUT2D eigenvalue weighted by molar-refractivity contribution is -0.142. The summed E-state index contributed by atoms with van der Waals surface area (Å²) in [5, 5.41) is 13.2. The van der Waals surface area contributed by atoms with Crippen LogP contribution in [0, 0.1) is 0 Å². The molecule has 88 valence electrons. The Balaban J connectivity index is 2.61. The lowest BCUT2D eigenvalue weighted by Crippen LogP contribution is -2.41. The summed E-state index contributed by atoms with van der Waals surface area (Å²) in [6.45, 7) is 3.50. The summed E-state index contributed by atoms with van der Waals surface area (Å²) in [4.78, 5) is 23.5. The highest BCUT2D eigenvalue weighted by atomic mass is 32.1. The van der Waals surface area contributed by atoms with Crippen LogP contribution in [0.1, 0.15) is 31.1 Å². The van der Waals surface area contributed by atoms with Gasteiger partial charge in [0, 0.05) is 4.88 Å². The first kappa shape index (κ1) is 12.7. The summed E-state index contributed by atoms with van der Waals surface area (Å²) >= 11 is 1.49. The maximum Gasteiger partial charge on any atom is 0.326 e. The number of nitrogens with one attached hydrogen (secondary N) is 1. The van der Waals surface area contributed by atoms with Crippen LogP contribution < -0.4 is 5.32 Å². The van der Waals surface area contributed by atoms with E-state index >= 15 is 0 Å². The van der Waals surface area contributed by atoms with Crippen LogP contribution >= 0.6 is 11.3 Å². The van der Waals surface area contributed by atoms with E-state index in [1.165, 1.54) is 11.3 Å². The van der Waals surface area contributed by atoms with Crippen molar-refractivity contribution in [3.05, 3.63) is 22.4 Å². The number of aliphatic carboxylic acids is 1. The van der Waals surface area contributed by atoms with Crippen molar-refractivity contribution in [2.45, 2.75) is 32.2 Å². The molecule has 1 amide bonds. The van der Waals surface area contributed by atoms with Gasteiger partial charge in [-0.3, -0.25) is 4.79 Å². The highest BCUT2D eigenvalue weighted by molar-refractivity contribution is 7.10. The van der Waals surface area contributed by atoms with Crippen LogP contribution in [0.3, 0.4) is 0 Å². The number of amides is 1. The fourth-order valence-electron chi connectivity index (χ4n) is 1.30. The summed E-state index contributed by atoms with van der Waals surface area (Å²) in [6.07, 6.45) is 0.387. The van der Waals surface area contributed by atoms with E-state index in [-0.39, 0.29) is 11.8 Å². The van der Waals surface area contributed by atoms with Gasteiger partial charge in [0.1, 0.15) is 6.04 Å². The minimum atomic E-state index is -0.991. The second-order valence-electron chi connectivity index (χ2n) is 3.54. The standard InChI is InChI=1S/C11H15NO3S/c1-3-8(11(14)15)12-10(13)7(2)9-5-4-6-16-9/h4-8H,3H2,1-2H3,(H,12,13)(H,14,15). The maximum atomic E-state index is 11.7. The van der Waals surface area contributed by atoms with E-state index in [0.717, 1.165) is 4.88 Å². The second-order valence-corrected chi connectivity index (χ2v) is 4.52. The van der Waals surface area contributed by atoms with Crippen LogP contribution in [0.25, 0.3) is 0 Å². The first-order valence-electron chi connectivity index (χ1n) is 5.12. The zero-order valence-electron chi connectivity index (χ0n) is 9.27. The summed E-state index contributed by atoms with van der Waals surface area (Å²) in [7, 11) is 0. The van der Waals surface area contributed by atoms with Gasteiger partial charge in [-0.15, -0.1) is 11.3 Å². The molecule has 16 heavy (non-hydrogen) atoms. The predicted molar refractivity (Wildman–Crippen MR) is 62.6 cm³/mol. The Morgan fingerprint density at radius 3 is 2.69 bits per heavy atom. The molecule has 1 aromatic rings. The Hall–Kier alpha value is -1.36. The largest absolute Gasteiger partial charge is 0.480 e. The Morgan fingerprint density at radius 2 is 2.25 bits per heavy atom. The zero-order chi connectivity index (χ0) is 12.1. The van der Waals surface area contributed by atoms with Gasteiger partial charge in [0.15, 0.2) is 0 Å². The third kappa shape index (κ3) is 3.06. The molecule has 2 N–H and O–H groups in total. The number of rotatable bonds is 5. The van der Waals surface area contributed by atoms with Crippen molar-refractivity contribution in [3.63, 3.8) is 0 Å². The molecule has 4 nitrogen and oxygen atoms in total. The number of hydrogen-bond donors (Lipinski definition) is 2. The lowest BCUT2D eigenvalue weighted by atomic mass is 10.1. The molecule has 0 radical (unpaired) electrons. The van der Waals surface area contributed by atoms with Crippen molar-refractivity contribution >= 4 is 23.2 Å². The molecular formula is C11H15NO3S. The number of carboxylic acid groups (broad SMARTS) is 1.